The van der Waals surface area contributed by atoms with Gasteiger partial charge in [0.05, 0.1) is 7.11 Å². The first-order valence-electron chi connectivity index (χ1n) is 5.67. The average molecular weight is 258 g/mol. The molecule has 1 unspecified atom stereocenters. The lowest BCUT2D eigenvalue weighted by molar-refractivity contribution is 0.377. The zero-order valence-electron chi connectivity index (χ0n) is 9.98. The normalized spacial score (nSPS) is 19.4. The molecule has 7 heteroatoms. The van der Waals surface area contributed by atoms with Crippen LogP contribution in [0, 0.1) is 0 Å². The number of hydrogen-bond acceptors (Lipinski definition) is 6. The molecule has 1 N–H and O–H groups in total. The Morgan fingerprint density at radius 3 is 2.88 bits per heavy atom. The SMILES string of the molecule is CCN(c1nc(Cl)nc(OC)n1)C1CCNC1. The molecule has 0 aliphatic carbocycles. The third kappa shape index (κ3) is 2.76. The van der Waals surface area contributed by atoms with Crippen LogP contribution in [0.5, 0.6) is 6.01 Å². The lowest BCUT2D eigenvalue weighted by Crippen LogP contribution is -2.38. The molecular weight excluding hydrogens is 242 g/mol. The summed E-state index contributed by atoms with van der Waals surface area (Å²) in [5.74, 6) is 0.582. The average Bonchev–Trinajstić information content (AvgIpc) is 2.83. The molecule has 2 heterocycles. The van der Waals surface area contributed by atoms with E-state index >= 15 is 0 Å². The van der Waals surface area contributed by atoms with Crippen LogP contribution < -0.4 is 15.0 Å². The minimum atomic E-state index is 0.163. The zero-order valence-corrected chi connectivity index (χ0v) is 10.7. The molecule has 0 radical (unpaired) electrons. The summed E-state index contributed by atoms with van der Waals surface area (Å²) in [4.78, 5) is 14.4. The monoisotopic (exact) mass is 257 g/mol. The van der Waals surface area contributed by atoms with Crippen molar-refractivity contribution in [3.05, 3.63) is 5.28 Å². The van der Waals surface area contributed by atoms with Crippen LogP contribution >= 0.6 is 11.6 Å². The molecule has 0 aromatic carbocycles. The van der Waals surface area contributed by atoms with Crippen LogP contribution in [0.3, 0.4) is 0 Å². The molecule has 0 saturated carbocycles. The fourth-order valence-electron chi connectivity index (χ4n) is 2.01. The smallest absolute Gasteiger partial charge is 0.322 e. The van der Waals surface area contributed by atoms with E-state index in [0.717, 1.165) is 26.1 Å². The minimum absolute atomic E-state index is 0.163. The molecule has 1 aromatic heterocycles. The Hall–Kier alpha value is -1.14. The minimum Gasteiger partial charge on any atom is -0.467 e. The number of aromatic nitrogens is 3. The molecule has 94 valence electrons. The van der Waals surface area contributed by atoms with Gasteiger partial charge in [0, 0.05) is 19.1 Å². The predicted octanol–water partition coefficient (Wildman–Crippen LogP) is 0.722. The van der Waals surface area contributed by atoms with Crippen molar-refractivity contribution in [3.8, 4) is 6.01 Å². The van der Waals surface area contributed by atoms with Crippen molar-refractivity contribution in [2.45, 2.75) is 19.4 Å². The number of methoxy groups -OCH3 is 1. The molecule has 0 amide bonds. The quantitative estimate of drug-likeness (QED) is 0.858. The molecule has 2 rings (SSSR count). The summed E-state index contributed by atoms with van der Waals surface area (Å²) in [6.07, 6.45) is 1.08. The maximum atomic E-state index is 5.85. The van der Waals surface area contributed by atoms with E-state index in [4.69, 9.17) is 16.3 Å². The number of rotatable bonds is 4. The maximum Gasteiger partial charge on any atom is 0.322 e. The summed E-state index contributed by atoms with van der Waals surface area (Å²) in [7, 11) is 1.52. The molecule has 1 aromatic rings. The third-order valence-electron chi connectivity index (χ3n) is 2.83. The van der Waals surface area contributed by atoms with Gasteiger partial charge >= 0.3 is 6.01 Å². The van der Waals surface area contributed by atoms with Crippen LogP contribution in [0.15, 0.2) is 0 Å². The van der Waals surface area contributed by atoms with Gasteiger partial charge in [-0.25, -0.2) is 0 Å². The van der Waals surface area contributed by atoms with Crippen molar-refractivity contribution in [1.82, 2.24) is 20.3 Å². The Bertz CT molecular complexity index is 383. The summed E-state index contributed by atoms with van der Waals surface area (Å²) in [6, 6.07) is 0.660. The van der Waals surface area contributed by atoms with Crippen LogP contribution in [-0.2, 0) is 0 Å². The first-order valence-corrected chi connectivity index (χ1v) is 6.05. The van der Waals surface area contributed by atoms with Crippen LogP contribution in [0.25, 0.3) is 0 Å². The standard InChI is InChI=1S/C10H16ClN5O/c1-3-16(7-4-5-12-6-7)9-13-8(11)14-10(15-9)17-2/h7,12H,3-6H2,1-2H3. The van der Waals surface area contributed by atoms with Gasteiger partial charge in [-0.2, -0.15) is 15.0 Å². The number of hydrogen-bond donors (Lipinski definition) is 1. The van der Waals surface area contributed by atoms with Crippen LogP contribution in [0.2, 0.25) is 5.28 Å². The van der Waals surface area contributed by atoms with Crippen molar-refractivity contribution in [3.63, 3.8) is 0 Å². The van der Waals surface area contributed by atoms with E-state index in [2.05, 4.69) is 32.1 Å². The fourth-order valence-corrected chi connectivity index (χ4v) is 2.16. The van der Waals surface area contributed by atoms with Gasteiger partial charge in [-0.3, -0.25) is 0 Å². The van der Waals surface area contributed by atoms with Gasteiger partial charge in [-0.1, -0.05) is 0 Å². The van der Waals surface area contributed by atoms with E-state index in [0.29, 0.717) is 12.0 Å². The molecule has 1 fully saturated rings. The Balaban J connectivity index is 2.25. The highest BCUT2D eigenvalue weighted by molar-refractivity contribution is 6.28. The lowest BCUT2D eigenvalue weighted by atomic mass is 10.2. The van der Waals surface area contributed by atoms with Gasteiger partial charge < -0.3 is 15.0 Å². The molecule has 1 aliphatic rings. The predicted molar refractivity (Wildman–Crippen MR) is 65.7 cm³/mol. The van der Waals surface area contributed by atoms with Crippen molar-refractivity contribution >= 4 is 17.5 Å². The number of nitrogens with one attached hydrogen (secondary N) is 1. The molecule has 1 saturated heterocycles. The maximum absolute atomic E-state index is 5.85. The first-order chi connectivity index (χ1) is 8.24. The van der Waals surface area contributed by atoms with E-state index in [9.17, 15) is 0 Å². The van der Waals surface area contributed by atoms with Gasteiger partial charge in [0.15, 0.2) is 0 Å². The molecule has 0 bridgehead atoms. The van der Waals surface area contributed by atoms with Crippen LogP contribution in [0.4, 0.5) is 5.95 Å². The molecular formula is C10H16ClN5O. The fraction of sp³-hybridized carbons (Fsp3) is 0.700. The second-order valence-electron chi connectivity index (χ2n) is 3.82. The van der Waals surface area contributed by atoms with Gasteiger partial charge in [0.1, 0.15) is 0 Å². The molecule has 0 spiro atoms. The number of halogens is 1. The Labute approximate surface area is 105 Å². The van der Waals surface area contributed by atoms with Crippen LogP contribution in [-0.4, -0.2) is 47.7 Å². The second kappa shape index (κ2) is 5.46. The highest BCUT2D eigenvalue weighted by Gasteiger charge is 2.24. The van der Waals surface area contributed by atoms with Crippen molar-refractivity contribution < 1.29 is 4.74 Å². The number of likely N-dealkylation sites (N-methyl/N-ethyl adjacent to an activating group) is 1. The highest BCUT2D eigenvalue weighted by Crippen LogP contribution is 2.19. The zero-order chi connectivity index (χ0) is 12.3. The molecule has 6 nitrogen and oxygen atoms in total. The van der Waals surface area contributed by atoms with E-state index in [1.54, 1.807) is 0 Å². The second-order valence-corrected chi connectivity index (χ2v) is 4.16. The van der Waals surface area contributed by atoms with Gasteiger partial charge in [-0.05, 0) is 31.5 Å². The largest absolute Gasteiger partial charge is 0.467 e. The highest BCUT2D eigenvalue weighted by atomic mass is 35.5. The summed E-state index contributed by atoms with van der Waals surface area (Å²) < 4.78 is 5.00. The van der Waals surface area contributed by atoms with Crippen LogP contribution in [0.1, 0.15) is 13.3 Å². The van der Waals surface area contributed by atoms with Gasteiger partial charge in [-0.15, -0.1) is 0 Å². The lowest BCUT2D eigenvalue weighted by Gasteiger charge is -2.26. The summed E-state index contributed by atoms with van der Waals surface area (Å²) in [6.45, 7) is 4.87. The Morgan fingerprint density at radius 2 is 2.29 bits per heavy atom. The van der Waals surface area contributed by atoms with Gasteiger partial charge in [0.25, 0.3) is 0 Å². The topological polar surface area (TPSA) is 63.2 Å². The number of anilines is 1. The van der Waals surface area contributed by atoms with Gasteiger partial charge in [0.2, 0.25) is 11.2 Å². The van der Waals surface area contributed by atoms with E-state index in [1.807, 2.05) is 0 Å². The number of nitrogens with zero attached hydrogens (tertiary/aromatic N) is 4. The number of ether oxygens (including phenoxy) is 1. The Kier molecular flexibility index (Phi) is 3.96. The summed E-state index contributed by atoms with van der Waals surface area (Å²) >= 11 is 5.85. The summed E-state index contributed by atoms with van der Waals surface area (Å²) in [5, 5.41) is 3.49. The van der Waals surface area contributed by atoms with Crippen molar-refractivity contribution in [1.29, 1.82) is 0 Å². The van der Waals surface area contributed by atoms with E-state index < -0.39 is 0 Å². The third-order valence-corrected chi connectivity index (χ3v) is 3.00. The van der Waals surface area contributed by atoms with E-state index in [-0.39, 0.29) is 11.3 Å². The van der Waals surface area contributed by atoms with E-state index in [1.165, 1.54) is 7.11 Å². The molecule has 17 heavy (non-hydrogen) atoms. The Morgan fingerprint density at radius 1 is 1.47 bits per heavy atom. The van der Waals surface area contributed by atoms with Crippen molar-refractivity contribution in [2.24, 2.45) is 0 Å². The molecule has 1 aliphatic heterocycles. The summed E-state index contributed by atoms with van der Waals surface area (Å²) in [5.41, 5.74) is 0. The molecule has 1 atom stereocenters. The van der Waals surface area contributed by atoms with Crippen molar-refractivity contribution in [2.75, 3.05) is 31.6 Å². The first kappa shape index (κ1) is 12.3.